The number of unbranched alkanes of at least 4 members (excludes halogenated alkanes) is 1. The Morgan fingerprint density at radius 3 is 2.64 bits per heavy atom. The van der Waals surface area contributed by atoms with Crippen LogP contribution in [0.4, 0.5) is 11.4 Å². The van der Waals surface area contributed by atoms with Crippen molar-refractivity contribution in [2.45, 2.75) is 25.7 Å². The number of para-hydroxylation sites is 1. The summed E-state index contributed by atoms with van der Waals surface area (Å²) in [5.41, 5.74) is 4.38. The minimum atomic E-state index is 0.236. The number of hydrogen-bond donors (Lipinski definition) is 1. The Morgan fingerprint density at radius 2 is 1.82 bits per heavy atom. The zero-order valence-corrected chi connectivity index (χ0v) is 17.2. The molecular weight excluding hydrogens is 350 g/mol. The highest BCUT2D eigenvalue weighted by Gasteiger charge is 2.21. The van der Waals surface area contributed by atoms with E-state index in [1.807, 2.05) is 30.3 Å². The number of hydrogen-bond acceptors (Lipinski definition) is 5. The lowest BCUT2D eigenvalue weighted by molar-refractivity contribution is 0.0979. The van der Waals surface area contributed by atoms with E-state index in [0.29, 0.717) is 6.42 Å². The predicted octanol–water partition coefficient (Wildman–Crippen LogP) is 3.72. The summed E-state index contributed by atoms with van der Waals surface area (Å²) in [6.07, 6.45) is 3.46. The minimum absolute atomic E-state index is 0.236. The number of nitrogens with zero attached hydrogens (tertiary/aromatic N) is 2. The molecule has 0 aromatic heterocycles. The normalized spacial score (nSPS) is 13.0. The van der Waals surface area contributed by atoms with E-state index in [4.69, 9.17) is 4.74 Å². The highest BCUT2D eigenvalue weighted by atomic mass is 16.5. The van der Waals surface area contributed by atoms with E-state index in [1.165, 1.54) is 11.3 Å². The molecule has 0 unspecified atom stereocenters. The van der Waals surface area contributed by atoms with Gasteiger partial charge >= 0.3 is 0 Å². The molecule has 150 valence electrons. The molecule has 0 atom stereocenters. The maximum absolute atomic E-state index is 12.5. The van der Waals surface area contributed by atoms with Crippen molar-refractivity contribution in [2.75, 3.05) is 50.8 Å². The topological polar surface area (TPSA) is 44.8 Å². The van der Waals surface area contributed by atoms with Gasteiger partial charge in [0.15, 0.2) is 5.78 Å². The summed E-state index contributed by atoms with van der Waals surface area (Å²) in [6, 6.07) is 14.2. The van der Waals surface area contributed by atoms with Gasteiger partial charge in [-0.1, -0.05) is 18.2 Å². The minimum Gasteiger partial charge on any atom is -0.496 e. The fourth-order valence-corrected chi connectivity index (χ4v) is 3.73. The van der Waals surface area contributed by atoms with Crippen LogP contribution in [0.25, 0.3) is 0 Å². The lowest BCUT2D eigenvalue weighted by Gasteiger charge is -2.12. The average Bonchev–Trinajstić information content (AvgIpc) is 3.00. The first-order chi connectivity index (χ1) is 13.6. The van der Waals surface area contributed by atoms with Crippen molar-refractivity contribution >= 4 is 17.2 Å². The number of ether oxygens (including phenoxy) is 1. The maximum Gasteiger partial charge on any atom is 0.162 e. The van der Waals surface area contributed by atoms with Crippen LogP contribution in [0.1, 0.15) is 35.2 Å². The molecule has 5 heteroatoms. The zero-order valence-electron chi connectivity index (χ0n) is 17.2. The number of methoxy groups -OCH3 is 1. The van der Waals surface area contributed by atoms with Crippen LogP contribution in [0.5, 0.6) is 5.75 Å². The van der Waals surface area contributed by atoms with Gasteiger partial charge in [-0.05, 0) is 62.2 Å². The van der Waals surface area contributed by atoms with E-state index in [2.05, 4.69) is 41.3 Å². The van der Waals surface area contributed by atoms with Crippen LogP contribution in [-0.4, -0.2) is 46.7 Å². The standard InChI is InChI=1S/C23H31N3O2/c1-25-17-26(2)21-16-19(11-12-20(21)25)22(27)9-6-7-14-24-15-13-18-8-4-5-10-23(18)28-3/h4-5,8,10-12,16,24H,6-7,9,13-15,17H2,1-3H3. The molecule has 28 heavy (non-hydrogen) atoms. The van der Waals surface area contributed by atoms with Crippen molar-refractivity contribution in [2.24, 2.45) is 0 Å². The van der Waals surface area contributed by atoms with Gasteiger partial charge in [0, 0.05) is 26.1 Å². The molecule has 0 bridgehead atoms. The van der Waals surface area contributed by atoms with Crippen LogP contribution < -0.4 is 19.9 Å². The number of Topliss-reactive ketones (excluding diaryl/α,β-unsaturated/α-hetero) is 1. The summed E-state index contributed by atoms with van der Waals surface area (Å²) >= 11 is 0. The van der Waals surface area contributed by atoms with Gasteiger partial charge < -0.3 is 19.9 Å². The Bertz CT molecular complexity index is 806. The van der Waals surface area contributed by atoms with E-state index >= 15 is 0 Å². The van der Waals surface area contributed by atoms with Gasteiger partial charge in [0.2, 0.25) is 0 Å². The predicted molar refractivity (Wildman–Crippen MR) is 116 cm³/mol. The molecule has 1 heterocycles. The van der Waals surface area contributed by atoms with Crippen molar-refractivity contribution in [3.63, 3.8) is 0 Å². The molecule has 5 nitrogen and oxygen atoms in total. The molecular formula is C23H31N3O2. The smallest absolute Gasteiger partial charge is 0.162 e. The van der Waals surface area contributed by atoms with E-state index in [0.717, 1.165) is 56.0 Å². The molecule has 1 aliphatic rings. The number of ketones is 1. The highest BCUT2D eigenvalue weighted by Crippen LogP contribution is 2.34. The highest BCUT2D eigenvalue weighted by molar-refractivity contribution is 5.98. The van der Waals surface area contributed by atoms with Crippen LogP contribution in [0, 0.1) is 0 Å². The van der Waals surface area contributed by atoms with Crippen molar-refractivity contribution in [1.29, 1.82) is 0 Å². The SMILES string of the molecule is COc1ccccc1CCNCCCCC(=O)c1ccc2c(c1)N(C)CN2C. The molecule has 0 radical (unpaired) electrons. The summed E-state index contributed by atoms with van der Waals surface area (Å²) in [5, 5.41) is 3.46. The summed E-state index contributed by atoms with van der Waals surface area (Å²) in [6.45, 7) is 2.71. The third kappa shape index (κ3) is 4.84. The Morgan fingerprint density at radius 1 is 1.04 bits per heavy atom. The fourth-order valence-electron chi connectivity index (χ4n) is 3.73. The molecule has 0 spiro atoms. The Hall–Kier alpha value is -2.53. The quantitative estimate of drug-likeness (QED) is 0.502. The molecule has 3 rings (SSSR count). The number of benzene rings is 2. The van der Waals surface area contributed by atoms with Gasteiger partial charge in [-0.3, -0.25) is 4.79 Å². The molecule has 0 amide bonds. The van der Waals surface area contributed by atoms with Gasteiger partial charge in [-0.25, -0.2) is 0 Å². The molecule has 0 saturated heterocycles. The van der Waals surface area contributed by atoms with Crippen molar-refractivity contribution in [3.05, 3.63) is 53.6 Å². The van der Waals surface area contributed by atoms with Crippen molar-refractivity contribution in [3.8, 4) is 5.75 Å². The molecule has 2 aromatic rings. The van der Waals surface area contributed by atoms with Gasteiger partial charge in [-0.15, -0.1) is 0 Å². The Labute approximate surface area is 168 Å². The zero-order chi connectivity index (χ0) is 19.9. The lowest BCUT2D eigenvalue weighted by Crippen LogP contribution is -2.23. The summed E-state index contributed by atoms with van der Waals surface area (Å²) in [7, 11) is 5.85. The Kier molecular flexibility index (Phi) is 6.93. The first-order valence-corrected chi connectivity index (χ1v) is 10.0. The average molecular weight is 382 g/mol. The van der Waals surface area contributed by atoms with Gasteiger partial charge in [0.25, 0.3) is 0 Å². The van der Waals surface area contributed by atoms with Gasteiger partial charge in [-0.2, -0.15) is 0 Å². The molecule has 0 fully saturated rings. The maximum atomic E-state index is 12.5. The first kappa shape index (κ1) is 20.2. The van der Waals surface area contributed by atoms with Gasteiger partial charge in [0.1, 0.15) is 5.75 Å². The first-order valence-electron chi connectivity index (χ1n) is 10.0. The summed E-state index contributed by atoms with van der Waals surface area (Å²) < 4.78 is 5.38. The second kappa shape index (κ2) is 9.60. The van der Waals surface area contributed by atoms with Crippen LogP contribution in [-0.2, 0) is 6.42 Å². The van der Waals surface area contributed by atoms with Crippen LogP contribution >= 0.6 is 0 Å². The van der Waals surface area contributed by atoms with E-state index in [-0.39, 0.29) is 5.78 Å². The third-order valence-electron chi connectivity index (χ3n) is 5.32. The molecule has 1 aliphatic heterocycles. The fraction of sp³-hybridized carbons (Fsp3) is 0.435. The van der Waals surface area contributed by atoms with Crippen molar-refractivity contribution in [1.82, 2.24) is 5.32 Å². The van der Waals surface area contributed by atoms with Crippen LogP contribution in [0.15, 0.2) is 42.5 Å². The lowest BCUT2D eigenvalue weighted by atomic mass is 10.0. The molecule has 2 aromatic carbocycles. The number of rotatable bonds is 10. The molecule has 0 saturated carbocycles. The van der Waals surface area contributed by atoms with E-state index < -0.39 is 0 Å². The molecule has 1 N–H and O–H groups in total. The largest absolute Gasteiger partial charge is 0.496 e. The Balaban J connectivity index is 1.35. The van der Waals surface area contributed by atoms with E-state index in [9.17, 15) is 4.79 Å². The third-order valence-corrected chi connectivity index (χ3v) is 5.32. The molecule has 0 aliphatic carbocycles. The summed E-state index contributed by atoms with van der Waals surface area (Å²) in [4.78, 5) is 16.9. The summed E-state index contributed by atoms with van der Waals surface area (Å²) in [5.74, 6) is 1.18. The number of carbonyl (C=O) groups excluding carboxylic acids is 1. The van der Waals surface area contributed by atoms with Gasteiger partial charge in [0.05, 0.1) is 25.2 Å². The number of anilines is 2. The number of nitrogens with one attached hydrogen (secondary N) is 1. The van der Waals surface area contributed by atoms with E-state index in [1.54, 1.807) is 7.11 Å². The monoisotopic (exact) mass is 381 g/mol. The van der Waals surface area contributed by atoms with Crippen LogP contribution in [0.2, 0.25) is 0 Å². The second-order valence-electron chi connectivity index (χ2n) is 7.43. The number of fused-ring (bicyclic) bond motifs is 1. The van der Waals surface area contributed by atoms with Crippen molar-refractivity contribution < 1.29 is 9.53 Å². The second-order valence-corrected chi connectivity index (χ2v) is 7.43. The number of carbonyl (C=O) groups is 1. The van der Waals surface area contributed by atoms with Crippen LogP contribution in [0.3, 0.4) is 0 Å².